The molecule has 0 saturated heterocycles. The van der Waals surface area contributed by atoms with Gasteiger partial charge in [-0.15, -0.1) is 0 Å². The van der Waals surface area contributed by atoms with Crippen LogP contribution in [0.3, 0.4) is 0 Å². The fraction of sp³-hybridized carbons (Fsp3) is 0.333. The smallest absolute Gasteiger partial charge is 0.420 e. The highest BCUT2D eigenvalue weighted by molar-refractivity contribution is 7.41. The van der Waals surface area contributed by atoms with Crippen molar-refractivity contribution >= 4 is 14.0 Å². The second kappa shape index (κ2) is 10.7. The number of aliphatic hydroxyl groups excluding tert-OH is 1. The van der Waals surface area contributed by atoms with Gasteiger partial charge < -0.3 is 9.84 Å². The van der Waals surface area contributed by atoms with Gasteiger partial charge in [-0.3, -0.25) is 0 Å². The molecule has 0 saturated carbocycles. The Balaban J connectivity index is 2.34. The molecule has 3 unspecified atom stereocenters. The number of pyridine rings is 1. The van der Waals surface area contributed by atoms with Crippen LogP contribution in [0.15, 0.2) is 54.6 Å². The van der Waals surface area contributed by atoms with E-state index in [1.54, 1.807) is 19.1 Å². The third-order valence-corrected chi connectivity index (χ3v) is 7.82. The number of carbonyl (C=O) groups excluding carboxylic acids is 1. The summed E-state index contributed by atoms with van der Waals surface area (Å²) in [6.07, 6.45) is -1.53. The number of aliphatic hydroxyl groups is 1. The number of esters is 1. The van der Waals surface area contributed by atoms with Gasteiger partial charge in [-0.1, -0.05) is 63.2 Å². The van der Waals surface area contributed by atoms with Crippen LogP contribution in [0.1, 0.15) is 51.3 Å². The Morgan fingerprint density at radius 3 is 2.17 bits per heavy atom. The van der Waals surface area contributed by atoms with E-state index in [0.29, 0.717) is 28.1 Å². The number of carbonyl (C=O) groups is 1. The largest absolute Gasteiger partial charge is 0.526 e. The number of ether oxygens (including phenoxy) is 1. The van der Waals surface area contributed by atoms with Gasteiger partial charge >= 0.3 is 19.2 Å². The lowest BCUT2D eigenvalue weighted by atomic mass is 9.92. The summed E-state index contributed by atoms with van der Waals surface area (Å²) in [5.74, 6) is -1.49. The van der Waals surface area contributed by atoms with Crippen molar-refractivity contribution in [3.05, 3.63) is 71.7 Å². The SMILES string of the molecule is CCC(C(=O)Oc1c(C(C)C)nc(-c2ccccc2)c(C)c1-c1ccc(F)cc1)(C(C)O)[P+](=O)O. The highest BCUT2D eigenvalue weighted by Gasteiger charge is 2.61. The first-order valence-electron chi connectivity index (χ1n) is 11.5. The van der Waals surface area contributed by atoms with Crippen LogP contribution >= 0.6 is 8.03 Å². The third-order valence-electron chi connectivity index (χ3n) is 6.27. The van der Waals surface area contributed by atoms with Gasteiger partial charge in [0, 0.05) is 17.5 Å². The van der Waals surface area contributed by atoms with Crippen LogP contribution < -0.4 is 4.74 Å². The van der Waals surface area contributed by atoms with Gasteiger partial charge in [-0.2, -0.15) is 4.89 Å². The molecule has 3 atom stereocenters. The molecule has 0 aliphatic carbocycles. The lowest BCUT2D eigenvalue weighted by Crippen LogP contribution is -2.47. The van der Waals surface area contributed by atoms with Crippen LogP contribution in [0.5, 0.6) is 5.75 Å². The molecule has 6 nitrogen and oxygen atoms in total. The van der Waals surface area contributed by atoms with E-state index in [1.807, 2.05) is 51.1 Å². The number of hydrogen-bond donors (Lipinski definition) is 2. The van der Waals surface area contributed by atoms with E-state index in [1.165, 1.54) is 19.1 Å². The molecule has 8 heteroatoms. The minimum Gasteiger partial charge on any atom is -0.420 e. The highest BCUT2D eigenvalue weighted by Crippen LogP contribution is 2.46. The quantitative estimate of drug-likeness (QED) is 0.285. The second-order valence-corrected chi connectivity index (χ2v) is 10.2. The molecule has 0 aliphatic rings. The summed E-state index contributed by atoms with van der Waals surface area (Å²) in [6, 6.07) is 15.3. The first-order chi connectivity index (χ1) is 16.5. The Hall–Kier alpha value is -2.99. The van der Waals surface area contributed by atoms with E-state index in [9.17, 15) is 23.7 Å². The predicted octanol–water partition coefficient (Wildman–Crippen LogP) is 6.16. The molecule has 1 aromatic heterocycles. The van der Waals surface area contributed by atoms with Crippen molar-refractivity contribution in [3.8, 4) is 28.1 Å². The number of rotatable bonds is 8. The van der Waals surface area contributed by atoms with Crippen LogP contribution in [0.2, 0.25) is 0 Å². The molecule has 0 radical (unpaired) electrons. The van der Waals surface area contributed by atoms with Gasteiger partial charge in [0.2, 0.25) is 0 Å². The van der Waals surface area contributed by atoms with Crippen LogP contribution in [-0.4, -0.2) is 32.2 Å². The summed E-state index contributed by atoms with van der Waals surface area (Å²) in [5.41, 5.74) is 3.83. The van der Waals surface area contributed by atoms with E-state index >= 15 is 0 Å². The zero-order chi connectivity index (χ0) is 25.9. The maximum Gasteiger partial charge on any atom is 0.526 e. The Kier molecular flexibility index (Phi) is 8.16. The molecular weight excluding hydrogens is 468 g/mol. The Morgan fingerprint density at radius 1 is 1.09 bits per heavy atom. The lowest BCUT2D eigenvalue weighted by molar-refractivity contribution is -0.140. The molecule has 0 spiro atoms. The molecule has 0 amide bonds. The number of halogens is 1. The van der Waals surface area contributed by atoms with Crippen molar-refractivity contribution in [2.45, 2.75) is 58.2 Å². The monoisotopic (exact) mass is 498 g/mol. The van der Waals surface area contributed by atoms with Crippen LogP contribution in [0.4, 0.5) is 4.39 Å². The van der Waals surface area contributed by atoms with Gasteiger partial charge in [0.05, 0.1) is 11.4 Å². The van der Waals surface area contributed by atoms with Gasteiger partial charge in [-0.05, 0) is 47.6 Å². The van der Waals surface area contributed by atoms with Gasteiger partial charge in [-0.25, -0.2) is 14.2 Å². The molecule has 184 valence electrons. The van der Waals surface area contributed by atoms with Gasteiger partial charge in [0.1, 0.15) is 11.9 Å². The van der Waals surface area contributed by atoms with E-state index in [2.05, 4.69) is 0 Å². The molecule has 3 aromatic rings. The first-order valence-corrected chi connectivity index (χ1v) is 12.7. The van der Waals surface area contributed by atoms with Crippen LogP contribution in [0.25, 0.3) is 22.4 Å². The number of aromatic nitrogens is 1. The van der Waals surface area contributed by atoms with Crippen molar-refractivity contribution in [1.29, 1.82) is 0 Å². The minimum absolute atomic E-state index is 0.105. The number of nitrogens with zero attached hydrogens (tertiary/aromatic N) is 1. The average molecular weight is 499 g/mol. The fourth-order valence-corrected chi connectivity index (χ4v) is 4.96. The van der Waals surface area contributed by atoms with E-state index < -0.39 is 31.1 Å². The Morgan fingerprint density at radius 2 is 1.69 bits per heavy atom. The Labute approximate surface area is 205 Å². The molecule has 2 N–H and O–H groups in total. The predicted molar refractivity (Wildman–Crippen MR) is 134 cm³/mol. The zero-order valence-corrected chi connectivity index (χ0v) is 21.3. The average Bonchev–Trinajstić information content (AvgIpc) is 2.81. The summed E-state index contributed by atoms with van der Waals surface area (Å²) in [6.45, 7) is 8.47. The van der Waals surface area contributed by atoms with Crippen molar-refractivity contribution in [3.63, 3.8) is 0 Å². The second-order valence-electron chi connectivity index (χ2n) is 8.82. The maximum absolute atomic E-state index is 13.8. The number of benzene rings is 2. The van der Waals surface area contributed by atoms with E-state index in [4.69, 9.17) is 9.72 Å². The molecule has 0 bridgehead atoms. The molecular formula is C27H30FNO5P+. The molecule has 3 rings (SSSR count). The molecule has 0 aliphatic heterocycles. The standard InChI is InChI=1S/C27H29FNO5P/c1-6-27(18(5)30,35(32)33)26(31)34-25-22(19-12-14-21(28)15-13-19)17(4)24(29-23(25)16(2)3)20-10-8-7-9-11-20/h7-16,18,30H,6H2,1-5H3/p+1. The highest BCUT2D eigenvalue weighted by atomic mass is 31.1. The van der Waals surface area contributed by atoms with Crippen molar-refractivity contribution in [2.75, 3.05) is 0 Å². The maximum atomic E-state index is 13.8. The first kappa shape index (κ1) is 26.6. The van der Waals surface area contributed by atoms with Gasteiger partial charge in [0.15, 0.2) is 5.75 Å². The summed E-state index contributed by atoms with van der Waals surface area (Å²) in [4.78, 5) is 28.3. The third kappa shape index (κ3) is 5.03. The summed E-state index contributed by atoms with van der Waals surface area (Å²) in [5, 5.41) is 8.32. The van der Waals surface area contributed by atoms with E-state index in [-0.39, 0.29) is 18.1 Å². The lowest BCUT2D eigenvalue weighted by Gasteiger charge is -2.25. The van der Waals surface area contributed by atoms with Gasteiger partial charge in [0.25, 0.3) is 0 Å². The number of hydrogen-bond acceptors (Lipinski definition) is 5. The Bertz CT molecular complexity index is 1230. The van der Waals surface area contributed by atoms with E-state index in [0.717, 1.165) is 5.56 Å². The topological polar surface area (TPSA) is 96.7 Å². The molecule has 2 aromatic carbocycles. The molecule has 0 fully saturated rings. The molecule has 1 heterocycles. The van der Waals surface area contributed by atoms with Crippen molar-refractivity contribution < 1.29 is 28.5 Å². The zero-order valence-electron chi connectivity index (χ0n) is 20.4. The summed E-state index contributed by atoms with van der Waals surface area (Å²) >= 11 is 0. The van der Waals surface area contributed by atoms with Crippen molar-refractivity contribution in [2.24, 2.45) is 0 Å². The van der Waals surface area contributed by atoms with Crippen molar-refractivity contribution in [1.82, 2.24) is 4.98 Å². The van der Waals surface area contributed by atoms with Crippen LogP contribution in [-0.2, 0) is 9.36 Å². The summed E-state index contributed by atoms with van der Waals surface area (Å²) in [7, 11) is -3.11. The normalized spacial score (nSPS) is 14.4. The fourth-order valence-electron chi connectivity index (χ4n) is 4.17. The summed E-state index contributed by atoms with van der Waals surface area (Å²) < 4.78 is 31.9. The van der Waals surface area contributed by atoms with Crippen LogP contribution in [0, 0.1) is 12.7 Å². The minimum atomic E-state index is -3.11. The molecule has 35 heavy (non-hydrogen) atoms.